The van der Waals surface area contributed by atoms with Crippen molar-refractivity contribution in [2.45, 2.75) is 82.1 Å². The van der Waals surface area contributed by atoms with Gasteiger partial charge in [0, 0.05) is 32.7 Å². The summed E-state index contributed by atoms with van der Waals surface area (Å²) in [5.74, 6) is 1.28. The fourth-order valence-corrected chi connectivity index (χ4v) is 8.75. The lowest BCUT2D eigenvalue weighted by Crippen LogP contribution is -2.51. The van der Waals surface area contributed by atoms with Crippen LogP contribution in [0.1, 0.15) is 68.1 Å². The maximum absolute atomic E-state index is 13.2. The molecule has 0 spiro atoms. The standard InChI is InChI=1S/C35H53N3O5S/c1-28-24-32(42-5)25-29(2)34(28)44(40,41)37(4)22-23-43-27-33(39)36(3)19-11-14-30-15-17-35(18-16-30,38-20-9-10-21-38)26-31-12-7-6-8-13-31/h6-8,12-13,24-25,30H,9-11,14-23,26-27H2,1-5H3. The van der Waals surface area contributed by atoms with Crippen LogP contribution in [-0.2, 0) is 26.0 Å². The van der Waals surface area contributed by atoms with E-state index in [1.54, 1.807) is 38.0 Å². The first-order chi connectivity index (χ1) is 21.1. The number of hydrogen-bond acceptors (Lipinski definition) is 6. The van der Waals surface area contributed by atoms with Gasteiger partial charge in [0.2, 0.25) is 15.9 Å². The predicted molar refractivity (Wildman–Crippen MR) is 176 cm³/mol. The second kappa shape index (κ2) is 15.7. The third kappa shape index (κ3) is 8.62. The summed E-state index contributed by atoms with van der Waals surface area (Å²) in [6.45, 7) is 6.98. The summed E-state index contributed by atoms with van der Waals surface area (Å²) in [6.07, 6.45) is 11.0. The largest absolute Gasteiger partial charge is 0.497 e. The molecular weight excluding hydrogens is 574 g/mol. The van der Waals surface area contributed by atoms with Crippen LogP contribution in [0.5, 0.6) is 5.75 Å². The topological polar surface area (TPSA) is 79.4 Å². The van der Waals surface area contributed by atoms with Gasteiger partial charge in [0.05, 0.1) is 18.6 Å². The number of likely N-dealkylation sites (tertiary alicyclic amines) is 1. The zero-order valence-corrected chi connectivity index (χ0v) is 28.3. The van der Waals surface area contributed by atoms with E-state index in [2.05, 4.69) is 35.2 Å². The average molecular weight is 628 g/mol. The number of ether oxygens (including phenoxy) is 2. The number of hydrogen-bond donors (Lipinski definition) is 0. The summed E-state index contributed by atoms with van der Waals surface area (Å²) < 4.78 is 38.5. The minimum Gasteiger partial charge on any atom is -0.497 e. The molecule has 0 atom stereocenters. The van der Waals surface area contributed by atoms with Gasteiger partial charge in [0.25, 0.3) is 0 Å². The molecule has 1 aliphatic heterocycles. The SMILES string of the molecule is COc1cc(C)c(S(=O)(=O)N(C)CCOCC(=O)N(C)CCCC2CCC(Cc3ccccc3)(N3CCCC3)CC2)c(C)c1. The van der Waals surface area contributed by atoms with Crippen molar-refractivity contribution in [3.63, 3.8) is 0 Å². The van der Waals surface area contributed by atoms with E-state index in [0.29, 0.717) is 29.0 Å². The van der Waals surface area contributed by atoms with Gasteiger partial charge in [-0.25, -0.2) is 8.42 Å². The molecule has 9 heteroatoms. The average Bonchev–Trinajstić information content (AvgIpc) is 3.56. The summed E-state index contributed by atoms with van der Waals surface area (Å²) in [6, 6.07) is 14.4. The number of methoxy groups -OCH3 is 1. The summed E-state index contributed by atoms with van der Waals surface area (Å²) >= 11 is 0. The lowest BCUT2D eigenvalue weighted by Gasteiger charge is -2.47. The van der Waals surface area contributed by atoms with E-state index in [1.807, 2.05) is 7.05 Å². The molecule has 1 saturated heterocycles. The molecule has 4 rings (SSSR count). The minimum absolute atomic E-state index is 0.0494. The van der Waals surface area contributed by atoms with Crippen molar-refractivity contribution in [1.82, 2.24) is 14.1 Å². The molecule has 1 aliphatic carbocycles. The molecule has 2 aliphatic rings. The molecule has 1 heterocycles. The summed E-state index contributed by atoms with van der Waals surface area (Å²) in [5.41, 5.74) is 3.03. The number of carbonyl (C=O) groups excluding carboxylic acids is 1. The molecule has 0 radical (unpaired) electrons. The Morgan fingerprint density at radius 3 is 2.25 bits per heavy atom. The third-order valence-electron chi connectivity index (χ3n) is 9.83. The second-order valence-corrected chi connectivity index (χ2v) is 14.9. The van der Waals surface area contributed by atoms with E-state index in [0.717, 1.165) is 25.2 Å². The molecule has 0 unspecified atom stereocenters. The van der Waals surface area contributed by atoms with Gasteiger partial charge >= 0.3 is 0 Å². The van der Waals surface area contributed by atoms with Crippen molar-refractivity contribution in [3.8, 4) is 5.75 Å². The van der Waals surface area contributed by atoms with Crippen LogP contribution in [0.4, 0.5) is 0 Å². The molecule has 1 amide bonds. The van der Waals surface area contributed by atoms with Crippen molar-refractivity contribution in [2.24, 2.45) is 5.92 Å². The Bertz CT molecular complexity index is 1300. The maximum Gasteiger partial charge on any atom is 0.248 e. The van der Waals surface area contributed by atoms with Crippen molar-refractivity contribution >= 4 is 15.9 Å². The molecule has 1 saturated carbocycles. The first-order valence-electron chi connectivity index (χ1n) is 16.3. The fraction of sp³-hybridized carbons (Fsp3) is 0.629. The number of amides is 1. The van der Waals surface area contributed by atoms with E-state index in [9.17, 15) is 13.2 Å². The van der Waals surface area contributed by atoms with Gasteiger partial charge in [-0.15, -0.1) is 0 Å². The highest BCUT2D eigenvalue weighted by Crippen LogP contribution is 2.42. The highest BCUT2D eigenvalue weighted by atomic mass is 32.2. The van der Waals surface area contributed by atoms with Gasteiger partial charge in [-0.1, -0.05) is 30.3 Å². The first-order valence-corrected chi connectivity index (χ1v) is 17.7. The highest BCUT2D eigenvalue weighted by molar-refractivity contribution is 7.89. The van der Waals surface area contributed by atoms with Crippen LogP contribution in [0.25, 0.3) is 0 Å². The monoisotopic (exact) mass is 627 g/mol. The van der Waals surface area contributed by atoms with Crippen molar-refractivity contribution < 1.29 is 22.7 Å². The third-order valence-corrected chi connectivity index (χ3v) is 12.0. The number of rotatable bonds is 15. The van der Waals surface area contributed by atoms with Crippen LogP contribution in [0.3, 0.4) is 0 Å². The molecular formula is C35H53N3O5S. The molecule has 2 aromatic carbocycles. The van der Waals surface area contributed by atoms with Gasteiger partial charge in [-0.3, -0.25) is 9.69 Å². The molecule has 44 heavy (non-hydrogen) atoms. The van der Waals surface area contributed by atoms with Crippen LogP contribution in [0.15, 0.2) is 47.4 Å². The molecule has 0 N–H and O–H groups in total. The van der Waals surface area contributed by atoms with Gasteiger partial charge in [-0.05, 0) is 119 Å². The minimum atomic E-state index is -3.69. The smallest absolute Gasteiger partial charge is 0.248 e. The van der Waals surface area contributed by atoms with E-state index in [4.69, 9.17) is 9.47 Å². The van der Waals surface area contributed by atoms with E-state index in [-0.39, 0.29) is 30.6 Å². The lowest BCUT2D eigenvalue weighted by atomic mass is 9.71. The van der Waals surface area contributed by atoms with Gasteiger partial charge in [0.1, 0.15) is 12.4 Å². The quantitative estimate of drug-likeness (QED) is 0.244. The van der Waals surface area contributed by atoms with Gasteiger partial charge < -0.3 is 14.4 Å². The Balaban J connectivity index is 1.16. The number of nitrogens with zero attached hydrogens (tertiary/aromatic N) is 3. The van der Waals surface area contributed by atoms with E-state index >= 15 is 0 Å². The van der Waals surface area contributed by atoms with Gasteiger partial charge in [0.15, 0.2) is 0 Å². The van der Waals surface area contributed by atoms with Crippen molar-refractivity contribution in [2.75, 3.05) is 60.6 Å². The zero-order valence-electron chi connectivity index (χ0n) is 27.5. The normalized spacial score (nSPS) is 21.1. The van der Waals surface area contributed by atoms with Crippen LogP contribution < -0.4 is 4.74 Å². The molecule has 2 fully saturated rings. The van der Waals surface area contributed by atoms with Crippen molar-refractivity contribution in [3.05, 3.63) is 59.2 Å². The molecule has 8 nitrogen and oxygen atoms in total. The second-order valence-electron chi connectivity index (χ2n) is 13.0. The van der Waals surface area contributed by atoms with Crippen LogP contribution in [0.2, 0.25) is 0 Å². The summed E-state index contributed by atoms with van der Waals surface area (Å²) in [7, 11) is 1.24. The molecule has 2 aromatic rings. The lowest BCUT2D eigenvalue weighted by molar-refractivity contribution is -0.134. The van der Waals surface area contributed by atoms with E-state index < -0.39 is 10.0 Å². The number of carbonyl (C=O) groups is 1. The van der Waals surface area contributed by atoms with Crippen LogP contribution >= 0.6 is 0 Å². The first kappa shape index (κ1) is 34.4. The number of benzene rings is 2. The summed E-state index contributed by atoms with van der Waals surface area (Å²) in [4.78, 5) is 17.5. The molecule has 244 valence electrons. The maximum atomic E-state index is 13.2. The number of aryl methyl sites for hydroxylation is 2. The Hall–Kier alpha value is -2.46. The zero-order chi connectivity index (χ0) is 31.7. The Kier molecular flexibility index (Phi) is 12.3. The van der Waals surface area contributed by atoms with Gasteiger partial charge in [-0.2, -0.15) is 4.31 Å². The predicted octanol–water partition coefficient (Wildman–Crippen LogP) is 5.46. The Morgan fingerprint density at radius 2 is 1.64 bits per heavy atom. The van der Waals surface area contributed by atoms with Crippen LogP contribution in [-0.4, -0.2) is 94.6 Å². The molecule has 0 bridgehead atoms. The number of likely N-dealkylation sites (N-methyl/N-ethyl adjacent to an activating group) is 2. The Morgan fingerprint density at radius 1 is 1.00 bits per heavy atom. The highest BCUT2D eigenvalue weighted by Gasteiger charge is 2.41. The fourth-order valence-electron chi connectivity index (χ4n) is 7.19. The molecule has 0 aromatic heterocycles. The Labute approximate surface area is 265 Å². The van der Waals surface area contributed by atoms with Crippen molar-refractivity contribution in [1.29, 1.82) is 0 Å². The van der Waals surface area contributed by atoms with E-state index in [1.165, 1.54) is 68.5 Å². The van der Waals surface area contributed by atoms with Crippen LogP contribution in [0, 0.1) is 19.8 Å². The summed E-state index contributed by atoms with van der Waals surface area (Å²) in [5, 5.41) is 0. The number of sulfonamides is 1.